The second-order valence-corrected chi connectivity index (χ2v) is 5.15. The summed E-state index contributed by atoms with van der Waals surface area (Å²) in [4.78, 5) is 14.2. The van der Waals surface area contributed by atoms with Gasteiger partial charge in [-0.2, -0.15) is 0 Å². The van der Waals surface area contributed by atoms with Crippen LogP contribution in [0.15, 0.2) is 24.3 Å². The number of nitrogens with one attached hydrogen (secondary N) is 1. The van der Waals surface area contributed by atoms with Gasteiger partial charge >= 0.3 is 0 Å². The molecular formula is C16H27N3O2. The first-order valence-electron chi connectivity index (χ1n) is 7.61. The molecule has 0 aliphatic rings. The van der Waals surface area contributed by atoms with Gasteiger partial charge in [-0.05, 0) is 31.0 Å². The van der Waals surface area contributed by atoms with E-state index in [4.69, 9.17) is 10.8 Å². The maximum atomic E-state index is 12.0. The zero-order valence-corrected chi connectivity index (χ0v) is 13.0. The first kappa shape index (κ1) is 17.5. The highest BCUT2D eigenvalue weighted by atomic mass is 16.3. The molecule has 0 aliphatic carbocycles. The molecule has 1 amide bonds. The van der Waals surface area contributed by atoms with E-state index < -0.39 is 0 Å². The first-order valence-corrected chi connectivity index (χ1v) is 7.61. The molecule has 0 unspecified atom stereocenters. The highest BCUT2D eigenvalue weighted by molar-refractivity contribution is 5.91. The summed E-state index contributed by atoms with van der Waals surface area (Å²) >= 11 is 0. The molecule has 0 saturated heterocycles. The van der Waals surface area contributed by atoms with Crippen LogP contribution in [-0.4, -0.2) is 41.7 Å². The van der Waals surface area contributed by atoms with E-state index >= 15 is 0 Å². The number of aliphatic hydroxyl groups excluding tert-OH is 1. The van der Waals surface area contributed by atoms with Crippen molar-refractivity contribution in [2.45, 2.75) is 39.2 Å². The van der Waals surface area contributed by atoms with Gasteiger partial charge < -0.3 is 16.2 Å². The highest BCUT2D eigenvalue weighted by Gasteiger charge is 2.15. The average molecular weight is 293 g/mol. The van der Waals surface area contributed by atoms with E-state index in [-0.39, 0.29) is 12.5 Å². The van der Waals surface area contributed by atoms with Crippen LogP contribution < -0.4 is 11.1 Å². The Hall–Kier alpha value is -1.59. The van der Waals surface area contributed by atoms with Gasteiger partial charge in [-0.25, -0.2) is 0 Å². The van der Waals surface area contributed by atoms with Gasteiger partial charge in [0.05, 0.1) is 6.61 Å². The molecule has 0 atom stereocenters. The molecule has 0 fully saturated rings. The van der Waals surface area contributed by atoms with E-state index in [0.717, 1.165) is 18.5 Å². The number of carbonyl (C=O) groups excluding carboxylic acids is 1. The number of nitrogens with two attached hydrogens (primary N) is 1. The lowest BCUT2D eigenvalue weighted by Crippen LogP contribution is -2.38. The normalized spacial score (nSPS) is 11.1. The number of carbonyl (C=O) groups is 1. The smallest absolute Gasteiger partial charge is 0.225 e. The lowest BCUT2D eigenvalue weighted by molar-refractivity contribution is -0.116. The molecule has 0 heterocycles. The van der Waals surface area contributed by atoms with Gasteiger partial charge in [-0.1, -0.05) is 19.9 Å². The van der Waals surface area contributed by atoms with Crippen molar-refractivity contribution in [1.29, 1.82) is 0 Å². The van der Waals surface area contributed by atoms with Crippen molar-refractivity contribution in [1.82, 2.24) is 4.90 Å². The largest absolute Gasteiger partial charge is 0.399 e. The van der Waals surface area contributed by atoms with E-state index in [9.17, 15) is 4.79 Å². The molecule has 5 heteroatoms. The number of amides is 1. The summed E-state index contributed by atoms with van der Waals surface area (Å²) in [6.45, 7) is 5.64. The number of nitrogen functional groups attached to an aromatic ring is 1. The fourth-order valence-corrected chi connectivity index (χ4v) is 2.50. The predicted octanol–water partition coefficient (Wildman–Crippen LogP) is 2.08. The van der Waals surface area contributed by atoms with Gasteiger partial charge in [-0.3, -0.25) is 9.69 Å². The summed E-state index contributed by atoms with van der Waals surface area (Å²) in [7, 11) is 0. The van der Waals surface area contributed by atoms with E-state index in [0.29, 0.717) is 31.2 Å². The number of anilines is 2. The molecule has 4 N–H and O–H groups in total. The van der Waals surface area contributed by atoms with Gasteiger partial charge in [0, 0.05) is 36.9 Å². The number of hydrogen-bond acceptors (Lipinski definition) is 4. The molecule has 1 aromatic rings. The lowest BCUT2D eigenvalue weighted by atomic mass is 10.1. The summed E-state index contributed by atoms with van der Waals surface area (Å²) < 4.78 is 0. The predicted molar refractivity (Wildman–Crippen MR) is 87.1 cm³/mol. The lowest BCUT2D eigenvalue weighted by Gasteiger charge is -2.29. The van der Waals surface area contributed by atoms with Crippen LogP contribution in [0.3, 0.4) is 0 Å². The summed E-state index contributed by atoms with van der Waals surface area (Å²) in [6, 6.07) is 7.57. The number of benzene rings is 1. The topological polar surface area (TPSA) is 78.6 Å². The number of hydrogen-bond donors (Lipinski definition) is 3. The maximum Gasteiger partial charge on any atom is 0.225 e. The molecular weight excluding hydrogens is 266 g/mol. The summed E-state index contributed by atoms with van der Waals surface area (Å²) in [6.07, 6.45) is 2.45. The molecule has 21 heavy (non-hydrogen) atoms. The maximum absolute atomic E-state index is 12.0. The minimum absolute atomic E-state index is 0.0329. The fourth-order valence-electron chi connectivity index (χ4n) is 2.50. The van der Waals surface area contributed by atoms with Crippen LogP contribution in [-0.2, 0) is 4.79 Å². The van der Waals surface area contributed by atoms with Crippen molar-refractivity contribution in [2.75, 3.05) is 30.7 Å². The van der Waals surface area contributed by atoms with Crippen LogP contribution in [0, 0.1) is 0 Å². The highest BCUT2D eigenvalue weighted by Crippen LogP contribution is 2.13. The van der Waals surface area contributed by atoms with Crippen LogP contribution >= 0.6 is 0 Å². The molecule has 5 nitrogen and oxygen atoms in total. The molecule has 0 aliphatic heterocycles. The van der Waals surface area contributed by atoms with Crippen molar-refractivity contribution in [3.05, 3.63) is 24.3 Å². The van der Waals surface area contributed by atoms with Gasteiger partial charge in [0.25, 0.3) is 0 Å². The monoisotopic (exact) mass is 293 g/mol. The Kier molecular flexibility index (Phi) is 7.79. The van der Waals surface area contributed by atoms with E-state index in [1.54, 1.807) is 12.1 Å². The molecule has 118 valence electrons. The Morgan fingerprint density at radius 1 is 1.33 bits per heavy atom. The Labute approximate surface area is 127 Å². The Bertz CT molecular complexity index is 433. The number of nitrogens with zero attached hydrogens (tertiary/aromatic N) is 1. The molecule has 1 aromatic carbocycles. The van der Waals surface area contributed by atoms with Gasteiger partial charge in [0.2, 0.25) is 5.91 Å². The zero-order chi connectivity index (χ0) is 15.7. The SMILES string of the molecule is CCC(CC)N(CCO)CCC(=O)Nc1cccc(N)c1. The van der Waals surface area contributed by atoms with Gasteiger partial charge in [0.15, 0.2) is 0 Å². The Balaban J connectivity index is 2.49. The zero-order valence-electron chi connectivity index (χ0n) is 13.0. The van der Waals surface area contributed by atoms with Crippen LogP contribution in [0.1, 0.15) is 33.1 Å². The van der Waals surface area contributed by atoms with Crippen LogP contribution in [0.5, 0.6) is 0 Å². The van der Waals surface area contributed by atoms with Crippen molar-refractivity contribution in [3.63, 3.8) is 0 Å². The number of aliphatic hydroxyl groups is 1. The van der Waals surface area contributed by atoms with Crippen LogP contribution in [0.2, 0.25) is 0 Å². The summed E-state index contributed by atoms with van der Waals surface area (Å²) in [5, 5.41) is 12.0. The standard InChI is InChI=1S/C16H27N3O2/c1-3-15(4-2)19(10-11-20)9-8-16(21)18-14-7-5-6-13(17)12-14/h5-7,12,15,20H,3-4,8-11,17H2,1-2H3,(H,18,21). The minimum atomic E-state index is -0.0329. The molecule has 0 saturated carbocycles. The van der Waals surface area contributed by atoms with Crippen molar-refractivity contribution in [3.8, 4) is 0 Å². The minimum Gasteiger partial charge on any atom is -0.399 e. The quantitative estimate of drug-likeness (QED) is 0.609. The Morgan fingerprint density at radius 2 is 2.05 bits per heavy atom. The third-order valence-corrected chi connectivity index (χ3v) is 3.64. The third kappa shape index (κ3) is 6.14. The molecule has 1 rings (SSSR count). The average Bonchev–Trinajstić information content (AvgIpc) is 2.46. The van der Waals surface area contributed by atoms with E-state index in [2.05, 4.69) is 24.1 Å². The summed E-state index contributed by atoms with van der Waals surface area (Å²) in [5.74, 6) is -0.0329. The third-order valence-electron chi connectivity index (χ3n) is 3.64. The van der Waals surface area contributed by atoms with Crippen LogP contribution in [0.4, 0.5) is 11.4 Å². The van der Waals surface area contributed by atoms with Gasteiger partial charge in [-0.15, -0.1) is 0 Å². The first-order chi connectivity index (χ1) is 10.1. The van der Waals surface area contributed by atoms with Crippen LogP contribution in [0.25, 0.3) is 0 Å². The molecule has 0 aromatic heterocycles. The molecule has 0 spiro atoms. The second-order valence-electron chi connectivity index (χ2n) is 5.15. The molecule has 0 radical (unpaired) electrons. The van der Waals surface area contributed by atoms with Crippen molar-refractivity contribution < 1.29 is 9.90 Å². The Morgan fingerprint density at radius 3 is 2.62 bits per heavy atom. The fraction of sp³-hybridized carbons (Fsp3) is 0.562. The van der Waals surface area contributed by atoms with E-state index in [1.165, 1.54) is 0 Å². The van der Waals surface area contributed by atoms with Crippen molar-refractivity contribution >= 4 is 17.3 Å². The second kappa shape index (κ2) is 9.37. The molecule has 0 bridgehead atoms. The van der Waals surface area contributed by atoms with Gasteiger partial charge in [0.1, 0.15) is 0 Å². The van der Waals surface area contributed by atoms with E-state index in [1.807, 2.05) is 12.1 Å². The number of rotatable bonds is 9. The summed E-state index contributed by atoms with van der Waals surface area (Å²) in [5.41, 5.74) is 7.03. The van der Waals surface area contributed by atoms with Crippen molar-refractivity contribution in [2.24, 2.45) is 0 Å².